The van der Waals surface area contributed by atoms with Gasteiger partial charge in [-0.1, -0.05) is 72.1 Å². The van der Waals surface area contributed by atoms with E-state index in [0.717, 1.165) is 11.1 Å². The highest BCUT2D eigenvalue weighted by molar-refractivity contribution is 6.30. The zero-order valence-corrected chi connectivity index (χ0v) is 22.2. The van der Waals surface area contributed by atoms with Crippen molar-refractivity contribution in [3.63, 3.8) is 0 Å². The molecule has 3 aromatic carbocycles. The largest absolute Gasteiger partial charge is 0.352 e. The first-order valence-electron chi connectivity index (χ1n) is 12.2. The van der Waals surface area contributed by atoms with Gasteiger partial charge in [0.05, 0.1) is 6.42 Å². The van der Waals surface area contributed by atoms with Crippen LogP contribution in [-0.2, 0) is 16.0 Å². The molecule has 0 spiro atoms. The third kappa shape index (κ3) is 9.51. The molecule has 196 valence electrons. The van der Waals surface area contributed by atoms with Gasteiger partial charge in [-0.25, -0.2) is 0 Å². The van der Waals surface area contributed by atoms with E-state index in [-0.39, 0.29) is 18.0 Å². The topological polar surface area (TPSA) is 87.3 Å². The van der Waals surface area contributed by atoms with E-state index in [1.165, 1.54) is 0 Å². The van der Waals surface area contributed by atoms with Crippen LogP contribution in [0.1, 0.15) is 28.4 Å². The van der Waals surface area contributed by atoms with E-state index in [1.54, 1.807) is 91.0 Å². The predicted molar refractivity (Wildman–Crippen MR) is 157 cm³/mol. The maximum Gasteiger partial charge on any atom is 0.272 e. The molecule has 0 radical (unpaired) electrons. The summed E-state index contributed by atoms with van der Waals surface area (Å²) in [6.07, 6.45) is 12.4. The zero-order valence-electron chi connectivity index (χ0n) is 21.4. The van der Waals surface area contributed by atoms with Crippen molar-refractivity contribution in [1.82, 2.24) is 10.6 Å². The molecule has 0 aliphatic carbocycles. The molecule has 0 saturated carbocycles. The van der Waals surface area contributed by atoms with Gasteiger partial charge in [-0.15, -0.1) is 6.42 Å². The number of halogens is 1. The van der Waals surface area contributed by atoms with Crippen LogP contribution >= 0.6 is 11.6 Å². The summed E-state index contributed by atoms with van der Waals surface area (Å²) in [5, 5.41) is 8.89. The van der Waals surface area contributed by atoms with Crippen molar-refractivity contribution in [1.29, 1.82) is 0 Å². The Balaban J connectivity index is 1.68. The summed E-state index contributed by atoms with van der Waals surface area (Å²) in [4.78, 5) is 38.3. The predicted octanol–water partition coefficient (Wildman–Crippen LogP) is 5.54. The number of amides is 3. The Morgan fingerprint density at radius 3 is 2.28 bits per heavy atom. The zero-order chi connectivity index (χ0) is 28.0. The van der Waals surface area contributed by atoms with Crippen LogP contribution < -0.4 is 16.0 Å². The summed E-state index contributed by atoms with van der Waals surface area (Å²) in [5.74, 6) is 1.38. The van der Waals surface area contributed by atoms with Gasteiger partial charge in [-0.05, 0) is 72.2 Å². The Bertz CT molecular complexity index is 1430. The van der Waals surface area contributed by atoms with Crippen LogP contribution in [0, 0.1) is 12.3 Å². The number of rotatable bonds is 10. The second kappa shape index (κ2) is 14.8. The Labute approximate surface area is 233 Å². The minimum atomic E-state index is -0.503. The van der Waals surface area contributed by atoms with Crippen molar-refractivity contribution in [2.75, 3.05) is 11.9 Å². The van der Waals surface area contributed by atoms with Crippen LogP contribution in [0.15, 0.2) is 108 Å². The molecule has 0 heterocycles. The van der Waals surface area contributed by atoms with E-state index in [0.29, 0.717) is 28.4 Å². The molecule has 3 rings (SSSR count). The van der Waals surface area contributed by atoms with Crippen molar-refractivity contribution >= 4 is 41.1 Å². The van der Waals surface area contributed by atoms with Crippen LogP contribution in [0.4, 0.5) is 5.69 Å². The van der Waals surface area contributed by atoms with Crippen molar-refractivity contribution in [3.05, 3.63) is 130 Å². The fourth-order valence-electron chi connectivity index (χ4n) is 3.50. The highest BCUT2D eigenvalue weighted by Crippen LogP contribution is 2.15. The molecule has 3 aromatic rings. The molecule has 39 heavy (non-hydrogen) atoms. The van der Waals surface area contributed by atoms with Crippen LogP contribution in [0.3, 0.4) is 0 Å². The van der Waals surface area contributed by atoms with Crippen LogP contribution in [0.2, 0.25) is 5.02 Å². The van der Waals surface area contributed by atoms with E-state index in [1.807, 2.05) is 19.1 Å². The van der Waals surface area contributed by atoms with Gasteiger partial charge >= 0.3 is 0 Å². The molecule has 0 aliphatic rings. The van der Waals surface area contributed by atoms with Gasteiger partial charge in [0.2, 0.25) is 5.91 Å². The molecule has 0 unspecified atom stereocenters. The maximum atomic E-state index is 13.2. The maximum absolute atomic E-state index is 13.2. The minimum absolute atomic E-state index is 0.0617. The van der Waals surface area contributed by atoms with Crippen molar-refractivity contribution in [2.45, 2.75) is 13.3 Å². The van der Waals surface area contributed by atoms with E-state index < -0.39 is 11.8 Å². The molecule has 0 aliphatic heterocycles. The normalized spacial score (nSPS) is 11.5. The monoisotopic (exact) mass is 537 g/mol. The van der Waals surface area contributed by atoms with Crippen LogP contribution in [0.25, 0.3) is 6.08 Å². The summed E-state index contributed by atoms with van der Waals surface area (Å²) in [7, 11) is 0. The lowest BCUT2D eigenvalue weighted by Crippen LogP contribution is -2.30. The summed E-state index contributed by atoms with van der Waals surface area (Å²) >= 11 is 5.98. The fraction of sp³-hybridized carbons (Fsp3) is 0.0938. The van der Waals surface area contributed by atoms with Crippen LogP contribution in [-0.4, -0.2) is 24.3 Å². The molecule has 0 atom stereocenters. The van der Waals surface area contributed by atoms with Gasteiger partial charge in [-0.3, -0.25) is 14.4 Å². The molecule has 0 bridgehead atoms. The molecule has 6 nitrogen and oxygen atoms in total. The Morgan fingerprint density at radius 1 is 0.949 bits per heavy atom. The minimum Gasteiger partial charge on any atom is -0.352 e. The van der Waals surface area contributed by atoms with Gasteiger partial charge in [0.1, 0.15) is 5.70 Å². The lowest BCUT2D eigenvalue weighted by molar-refractivity contribution is -0.120. The number of hydrogen-bond acceptors (Lipinski definition) is 3. The molecule has 3 N–H and O–H groups in total. The number of carbonyl (C=O) groups excluding carboxylic acids is 3. The van der Waals surface area contributed by atoms with E-state index in [9.17, 15) is 14.4 Å². The number of allylic oxidation sites excluding steroid dienone is 2. The van der Waals surface area contributed by atoms with Crippen molar-refractivity contribution in [3.8, 4) is 12.3 Å². The summed E-state index contributed by atoms with van der Waals surface area (Å²) in [6.45, 7) is 2.21. The van der Waals surface area contributed by atoms with Gasteiger partial charge in [-0.2, -0.15) is 0 Å². The molecular formula is C32H28ClN3O3. The van der Waals surface area contributed by atoms with Gasteiger partial charge in [0.15, 0.2) is 0 Å². The van der Waals surface area contributed by atoms with Gasteiger partial charge in [0.25, 0.3) is 11.8 Å². The first-order valence-corrected chi connectivity index (χ1v) is 12.5. The second-order valence-electron chi connectivity index (χ2n) is 8.42. The Morgan fingerprint density at radius 2 is 1.64 bits per heavy atom. The molecular weight excluding hydrogens is 510 g/mol. The average molecular weight is 538 g/mol. The molecule has 0 fully saturated rings. The molecule has 0 saturated heterocycles. The lowest BCUT2D eigenvalue weighted by atomic mass is 10.1. The number of carbonyl (C=O) groups is 3. The van der Waals surface area contributed by atoms with Crippen molar-refractivity contribution < 1.29 is 14.4 Å². The number of benzene rings is 3. The smallest absolute Gasteiger partial charge is 0.272 e. The lowest BCUT2D eigenvalue weighted by Gasteiger charge is -2.12. The third-order valence-electron chi connectivity index (χ3n) is 5.43. The number of nitrogens with one attached hydrogen (secondary N) is 3. The highest BCUT2D eigenvalue weighted by atomic mass is 35.5. The van der Waals surface area contributed by atoms with E-state index in [4.69, 9.17) is 18.0 Å². The average Bonchev–Trinajstić information content (AvgIpc) is 2.94. The molecule has 3 amide bonds. The summed E-state index contributed by atoms with van der Waals surface area (Å²) in [5.41, 5.74) is 3.28. The number of hydrogen-bond donors (Lipinski definition) is 3. The third-order valence-corrected chi connectivity index (χ3v) is 5.68. The highest BCUT2D eigenvalue weighted by Gasteiger charge is 2.15. The van der Waals surface area contributed by atoms with Gasteiger partial charge < -0.3 is 16.0 Å². The Hall–Kier alpha value is -4.86. The van der Waals surface area contributed by atoms with E-state index >= 15 is 0 Å². The van der Waals surface area contributed by atoms with E-state index in [2.05, 4.69) is 21.9 Å². The number of terminal acetylenes is 1. The van der Waals surface area contributed by atoms with Crippen LogP contribution in [0.5, 0.6) is 0 Å². The van der Waals surface area contributed by atoms with Gasteiger partial charge in [0, 0.05) is 22.8 Å². The van der Waals surface area contributed by atoms with Crippen molar-refractivity contribution in [2.24, 2.45) is 0 Å². The number of anilines is 1. The fourth-order valence-corrected chi connectivity index (χ4v) is 3.63. The quantitative estimate of drug-likeness (QED) is 0.180. The summed E-state index contributed by atoms with van der Waals surface area (Å²) < 4.78 is 0. The SMILES string of the molecule is C#C/C=C(\C=C/C)CNC(=O)Cc1ccc(NC(=O)/C(=C/c2ccc(Cl)cc2)NC(=O)c2ccccc2)cc1. The first-order chi connectivity index (χ1) is 18.9. The first kappa shape index (κ1) is 28.7. The molecule has 0 aromatic heterocycles. The Kier molecular flexibility index (Phi) is 10.9. The summed E-state index contributed by atoms with van der Waals surface area (Å²) in [6, 6.07) is 22.4. The second-order valence-corrected chi connectivity index (χ2v) is 8.86. The molecule has 7 heteroatoms. The standard InChI is InChI=1S/C32H28ClN3O3/c1-3-8-25(9-4-2)22-34-30(37)21-24-14-18-28(19-15-24)35-32(39)29(20-23-12-16-27(33)17-13-23)36-31(38)26-10-6-5-7-11-26/h1,4-20H,21-22H2,2H3,(H,34,37)(H,35,39)(H,36,38)/b9-4-,25-8+,29-20-.